The molecule has 2 aromatic heterocycles. The molecule has 3 aromatic rings. The van der Waals surface area contributed by atoms with E-state index in [9.17, 15) is 18.0 Å². The van der Waals surface area contributed by atoms with Crippen LogP contribution in [0.4, 0.5) is 0 Å². The second-order valence-corrected chi connectivity index (χ2v) is 9.54. The topological polar surface area (TPSA) is 94.8 Å². The Morgan fingerprint density at radius 3 is 2.71 bits per heavy atom. The molecule has 148 valence electrons. The van der Waals surface area contributed by atoms with Crippen molar-refractivity contribution in [3.63, 3.8) is 0 Å². The Morgan fingerprint density at radius 1 is 1.32 bits per heavy atom. The highest BCUT2D eigenvalue weighted by Crippen LogP contribution is 2.33. The molecule has 0 aliphatic heterocycles. The van der Waals surface area contributed by atoms with Gasteiger partial charge in [-0.25, -0.2) is 13.4 Å². The Morgan fingerprint density at radius 2 is 2.07 bits per heavy atom. The van der Waals surface area contributed by atoms with Crippen LogP contribution in [-0.4, -0.2) is 42.4 Å². The number of benzene rings is 1. The number of aryl methyl sites for hydroxylation is 1. The number of esters is 1. The lowest BCUT2D eigenvalue weighted by atomic mass is 10.1. The van der Waals surface area contributed by atoms with E-state index in [0.29, 0.717) is 34.0 Å². The molecule has 0 saturated carbocycles. The first-order chi connectivity index (χ1) is 13.3. The normalized spacial score (nSPS) is 11.7. The monoisotopic (exact) mass is 420 g/mol. The van der Waals surface area contributed by atoms with Crippen LogP contribution >= 0.6 is 11.3 Å². The number of nitrogens with zero attached hydrogens (tertiary/aromatic N) is 2. The van der Waals surface area contributed by atoms with Crippen molar-refractivity contribution in [1.82, 2.24) is 9.38 Å². The molecule has 0 bridgehead atoms. The number of aldehydes is 1. The zero-order chi connectivity index (χ0) is 20.5. The number of carbonyl (C=O) groups excluding carboxylic acids is 2. The molecule has 0 spiro atoms. The lowest BCUT2D eigenvalue weighted by Gasteiger charge is -2.09. The molecule has 28 heavy (non-hydrogen) atoms. The zero-order valence-electron chi connectivity index (χ0n) is 15.8. The third-order valence-electron chi connectivity index (χ3n) is 4.25. The highest BCUT2D eigenvalue weighted by Gasteiger charge is 2.24. The average molecular weight is 421 g/mol. The molecule has 1 aromatic carbocycles. The number of hydrogen-bond donors (Lipinski definition) is 0. The maximum Gasteiger partial charge on any atom is 0.311 e. The van der Waals surface area contributed by atoms with Gasteiger partial charge in [-0.15, -0.1) is 11.3 Å². The molecule has 0 N–H and O–H groups in total. The Hall–Kier alpha value is -2.52. The summed E-state index contributed by atoms with van der Waals surface area (Å²) in [6.45, 7) is 5.46. The van der Waals surface area contributed by atoms with Crippen molar-refractivity contribution in [1.29, 1.82) is 0 Å². The summed E-state index contributed by atoms with van der Waals surface area (Å²) in [7, 11) is -3.49. The van der Waals surface area contributed by atoms with Crippen molar-refractivity contribution in [2.24, 2.45) is 0 Å². The fraction of sp³-hybridized carbons (Fsp3) is 0.316. The highest BCUT2D eigenvalue weighted by molar-refractivity contribution is 7.91. The second-order valence-electron chi connectivity index (χ2n) is 6.20. The summed E-state index contributed by atoms with van der Waals surface area (Å²) in [5.74, 6) is -0.402. The molecule has 0 aliphatic rings. The Kier molecular flexibility index (Phi) is 5.66. The largest absolute Gasteiger partial charge is 0.466 e. The molecule has 9 heteroatoms. The molecule has 0 fully saturated rings. The molecule has 7 nitrogen and oxygen atoms in total. The maximum absolute atomic E-state index is 12.5. The summed E-state index contributed by atoms with van der Waals surface area (Å²) in [4.78, 5) is 29.4. The van der Waals surface area contributed by atoms with Crippen molar-refractivity contribution >= 4 is 38.4 Å². The minimum absolute atomic E-state index is 0.0502. The summed E-state index contributed by atoms with van der Waals surface area (Å²) in [6, 6.07) is 5.00. The van der Waals surface area contributed by atoms with E-state index in [1.807, 2.05) is 6.92 Å². The van der Waals surface area contributed by atoms with Gasteiger partial charge < -0.3 is 4.74 Å². The maximum atomic E-state index is 12.5. The van der Waals surface area contributed by atoms with Crippen LogP contribution in [0.2, 0.25) is 0 Å². The standard InChI is InChI=1S/C19H20N2O5S2/c1-4-26-17(23)9-13-10-21-15(11-22)18(20-19(21)27-13)14-8-12(3)6-7-16(14)28(24,25)5-2/h6-8,10-11H,4-5,9H2,1-3H3. The molecule has 3 rings (SSSR count). The molecule has 0 radical (unpaired) electrons. The first-order valence-corrected chi connectivity index (χ1v) is 11.2. The van der Waals surface area contributed by atoms with Crippen molar-refractivity contribution in [3.8, 4) is 11.3 Å². The van der Waals surface area contributed by atoms with E-state index in [-0.39, 0.29) is 28.7 Å². The number of aromatic nitrogens is 2. The first kappa shape index (κ1) is 20.2. The van der Waals surface area contributed by atoms with Crippen LogP contribution in [0.3, 0.4) is 0 Å². The van der Waals surface area contributed by atoms with Crippen molar-refractivity contribution in [2.45, 2.75) is 32.1 Å². The van der Waals surface area contributed by atoms with Crippen LogP contribution in [0.15, 0.2) is 29.3 Å². The molecular weight excluding hydrogens is 400 g/mol. The molecule has 0 unspecified atom stereocenters. The lowest BCUT2D eigenvalue weighted by Crippen LogP contribution is -2.07. The second kappa shape index (κ2) is 7.84. The summed E-state index contributed by atoms with van der Waals surface area (Å²) < 4.78 is 31.6. The molecule has 2 heterocycles. The number of carbonyl (C=O) groups is 2. The smallest absolute Gasteiger partial charge is 0.311 e. The van der Waals surface area contributed by atoms with Gasteiger partial charge in [-0.2, -0.15) is 0 Å². The minimum Gasteiger partial charge on any atom is -0.466 e. The van der Waals surface area contributed by atoms with Gasteiger partial charge in [-0.3, -0.25) is 14.0 Å². The number of ether oxygens (including phenoxy) is 1. The van der Waals surface area contributed by atoms with Gasteiger partial charge in [0.1, 0.15) is 11.4 Å². The van der Waals surface area contributed by atoms with E-state index in [1.165, 1.54) is 11.3 Å². The predicted octanol–water partition coefficient (Wildman–Crippen LogP) is 3.08. The molecule has 0 atom stereocenters. The minimum atomic E-state index is -3.49. The van der Waals surface area contributed by atoms with Crippen LogP contribution in [0.25, 0.3) is 16.2 Å². The van der Waals surface area contributed by atoms with Crippen molar-refractivity contribution in [3.05, 3.63) is 40.5 Å². The van der Waals surface area contributed by atoms with E-state index in [0.717, 1.165) is 5.56 Å². The number of sulfone groups is 1. The number of hydrogen-bond acceptors (Lipinski definition) is 7. The summed E-state index contributed by atoms with van der Waals surface area (Å²) in [5.41, 5.74) is 1.84. The van der Waals surface area contributed by atoms with Gasteiger partial charge in [0.15, 0.2) is 21.1 Å². The molecular formula is C19H20N2O5S2. The molecule has 0 saturated heterocycles. The SMILES string of the molecule is CCOC(=O)Cc1cn2c(C=O)c(-c3cc(C)ccc3S(=O)(=O)CC)nc2s1. The van der Waals surface area contributed by atoms with E-state index in [2.05, 4.69) is 4.98 Å². The van der Waals surface area contributed by atoms with Gasteiger partial charge in [0.2, 0.25) is 0 Å². The lowest BCUT2D eigenvalue weighted by molar-refractivity contribution is -0.142. The number of imidazole rings is 1. The third kappa shape index (κ3) is 3.72. The van der Waals surface area contributed by atoms with Crippen LogP contribution in [0.1, 0.15) is 34.8 Å². The number of rotatable bonds is 7. The van der Waals surface area contributed by atoms with E-state index in [4.69, 9.17) is 4.74 Å². The van der Waals surface area contributed by atoms with Gasteiger partial charge in [-0.05, 0) is 26.0 Å². The average Bonchev–Trinajstić information content (AvgIpc) is 3.18. The van der Waals surface area contributed by atoms with Gasteiger partial charge in [0.05, 0.1) is 23.7 Å². The Bertz CT molecular complexity index is 1160. The van der Waals surface area contributed by atoms with Crippen LogP contribution < -0.4 is 0 Å². The first-order valence-electron chi connectivity index (χ1n) is 8.76. The predicted molar refractivity (Wildman–Crippen MR) is 107 cm³/mol. The summed E-state index contributed by atoms with van der Waals surface area (Å²) in [5, 5.41) is 0. The van der Waals surface area contributed by atoms with Gasteiger partial charge in [-0.1, -0.05) is 18.6 Å². The van der Waals surface area contributed by atoms with E-state index in [1.54, 1.807) is 42.6 Å². The molecule has 0 amide bonds. The van der Waals surface area contributed by atoms with Gasteiger partial charge in [0, 0.05) is 16.6 Å². The summed E-state index contributed by atoms with van der Waals surface area (Å²) >= 11 is 1.26. The van der Waals surface area contributed by atoms with Crippen molar-refractivity contribution in [2.75, 3.05) is 12.4 Å². The van der Waals surface area contributed by atoms with E-state index >= 15 is 0 Å². The third-order valence-corrected chi connectivity index (χ3v) is 7.02. The number of fused-ring (bicyclic) bond motifs is 1. The fourth-order valence-electron chi connectivity index (χ4n) is 2.91. The van der Waals surface area contributed by atoms with Crippen molar-refractivity contribution < 1.29 is 22.7 Å². The Labute approximate surface area is 166 Å². The van der Waals surface area contributed by atoms with Crippen LogP contribution in [-0.2, 0) is 25.8 Å². The van der Waals surface area contributed by atoms with Crippen LogP contribution in [0, 0.1) is 6.92 Å². The van der Waals surface area contributed by atoms with E-state index < -0.39 is 9.84 Å². The Balaban J connectivity index is 2.15. The highest BCUT2D eigenvalue weighted by atomic mass is 32.2. The van der Waals surface area contributed by atoms with Gasteiger partial charge in [0.25, 0.3) is 0 Å². The zero-order valence-corrected chi connectivity index (χ0v) is 17.4. The quantitative estimate of drug-likeness (QED) is 0.431. The van der Waals surface area contributed by atoms with Crippen LogP contribution in [0.5, 0.6) is 0 Å². The number of thiazole rings is 1. The van der Waals surface area contributed by atoms with Gasteiger partial charge >= 0.3 is 5.97 Å². The molecule has 0 aliphatic carbocycles. The fourth-order valence-corrected chi connectivity index (χ4v) is 4.96. The summed E-state index contributed by atoms with van der Waals surface area (Å²) in [6.07, 6.45) is 2.41.